The third-order valence-corrected chi connectivity index (χ3v) is 3.09. The molecule has 0 unspecified atom stereocenters. The SMILES string of the molecule is Cc1nn(C(C)C)cc1C(=O)N(C)Cc1ccc[nH]1. The summed E-state index contributed by atoms with van der Waals surface area (Å²) in [6, 6.07) is 4.15. The van der Waals surface area contributed by atoms with Gasteiger partial charge in [0.1, 0.15) is 0 Å². The largest absolute Gasteiger partial charge is 0.364 e. The maximum absolute atomic E-state index is 12.4. The molecule has 2 aromatic heterocycles. The lowest BCUT2D eigenvalue weighted by molar-refractivity contribution is 0.0783. The molecule has 2 aromatic rings. The van der Waals surface area contributed by atoms with E-state index in [0.717, 1.165) is 11.4 Å². The molecule has 1 amide bonds. The van der Waals surface area contributed by atoms with Crippen molar-refractivity contribution in [1.29, 1.82) is 0 Å². The lowest BCUT2D eigenvalue weighted by Crippen LogP contribution is -2.26. The molecular formula is C14H20N4O. The van der Waals surface area contributed by atoms with Gasteiger partial charge in [0.2, 0.25) is 0 Å². The van der Waals surface area contributed by atoms with E-state index >= 15 is 0 Å². The molecule has 0 aliphatic rings. The predicted molar refractivity (Wildman–Crippen MR) is 73.9 cm³/mol. The van der Waals surface area contributed by atoms with Crippen LogP contribution in [0, 0.1) is 6.92 Å². The van der Waals surface area contributed by atoms with Crippen LogP contribution in [0.4, 0.5) is 0 Å². The first-order valence-electron chi connectivity index (χ1n) is 6.42. The molecule has 5 heteroatoms. The Bertz CT molecular complexity index is 554. The van der Waals surface area contributed by atoms with Crippen molar-refractivity contribution in [1.82, 2.24) is 19.7 Å². The lowest BCUT2D eigenvalue weighted by atomic mass is 10.2. The predicted octanol–water partition coefficient (Wildman–Crippen LogP) is 2.37. The Balaban J connectivity index is 2.14. The number of nitrogens with one attached hydrogen (secondary N) is 1. The summed E-state index contributed by atoms with van der Waals surface area (Å²) in [6.45, 7) is 6.53. The number of aromatic amines is 1. The van der Waals surface area contributed by atoms with Crippen LogP contribution in [0.3, 0.4) is 0 Å². The molecule has 0 aromatic carbocycles. The standard InChI is InChI=1S/C14H20N4O/c1-10(2)18-9-13(11(3)16-18)14(19)17(4)8-12-6-5-7-15-12/h5-7,9-10,15H,8H2,1-4H3. The first-order valence-corrected chi connectivity index (χ1v) is 6.42. The van der Waals surface area contributed by atoms with Crippen molar-refractivity contribution in [3.05, 3.63) is 41.5 Å². The number of aryl methyl sites for hydroxylation is 1. The van der Waals surface area contributed by atoms with Gasteiger partial charge in [-0.2, -0.15) is 5.10 Å². The van der Waals surface area contributed by atoms with Gasteiger partial charge in [0.15, 0.2) is 0 Å². The minimum absolute atomic E-state index is 0.000926. The second-order valence-corrected chi connectivity index (χ2v) is 5.06. The second kappa shape index (κ2) is 5.30. The van der Waals surface area contributed by atoms with Crippen molar-refractivity contribution in [2.24, 2.45) is 0 Å². The first-order chi connectivity index (χ1) is 8.99. The normalized spacial score (nSPS) is 11.0. The van der Waals surface area contributed by atoms with E-state index in [4.69, 9.17) is 0 Å². The molecule has 0 atom stereocenters. The number of hydrogen-bond donors (Lipinski definition) is 1. The highest BCUT2D eigenvalue weighted by Crippen LogP contribution is 2.13. The van der Waals surface area contributed by atoms with E-state index in [1.54, 1.807) is 11.9 Å². The number of aromatic nitrogens is 3. The maximum atomic E-state index is 12.4. The molecular weight excluding hydrogens is 240 g/mol. The van der Waals surface area contributed by atoms with Crippen molar-refractivity contribution >= 4 is 5.91 Å². The van der Waals surface area contributed by atoms with E-state index in [1.165, 1.54) is 0 Å². The van der Waals surface area contributed by atoms with Crippen molar-refractivity contribution < 1.29 is 4.79 Å². The summed E-state index contributed by atoms with van der Waals surface area (Å²) in [6.07, 6.45) is 3.68. The van der Waals surface area contributed by atoms with Crippen LogP contribution < -0.4 is 0 Å². The van der Waals surface area contributed by atoms with E-state index in [1.807, 2.05) is 50.0 Å². The van der Waals surface area contributed by atoms with Gasteiger partial charge in [-0.3, -0.25) is 9.48 Å². The molecule has 0 fully saturated rings. The lowest BCUT2D eigenvalue weighted by Gasteiger charge is -2.15. The van der Waals surface area contributed by atoms with Crippen LogP contribution in [0.5, 0.6) is 0 Å². The van der Waals surface area contributed by atoms with E-state index in [2.05, 4.69) is 10.1 Å². The molecule has 5 nitrogen and oxygen atoms in total. The van der Waals surface area contributed by atoms with Crippen molar-refractivity contribution in [2.75, 3.05) is 7.05 Å². The molecule has 19 heavy (non-hydrogen) atoms. The molecule has 102 valence electrons. The summed E-state index contributed by atoms with van der Waals surface area (Å²) in [5.74, 6) is -0.000926. The topological polar surface area (TPSA) is 53.9 Å². The fraction of sp³-hybridized carbons (Fsp3) is 0.429. The molecule has 0 spiro atoms. The number of amides is 1. The summed E-state index contributed by atoms with van der Waals surface area (Å²) in [5, 5.41) is 4.37. The van der Waals surface area contributed by atoms with E-state index in [-0.39, 0.29) is 11.9 Å². The average Bonchev–Trinajstić information content (AvgIpc) is 2.97. The van der Waals surface area contributed by atoms with Crippen LogP contribution in [-0.2, 0) is 6.54 Å². The van der Waals surface area contributed by atoms with Crippen LogP contribution in [0.25, 0.3) is 0 Å². The molecule has 0 saturated heterocycles. The third kappa shape index (κ3) is 2.86. The number of hydrogen-bond acceptors (Lipinski definition) is 2. The Morgan fingerprint density at radius 2 is 2.26 bits per heavy atom. The summed E-state index contributed by atoms with van der Waals surface area (Å²) in [5.41, 5.74) is 2.46. The third-order valence-electron chi connectivity index (χ3n) is 3.09. The fourth-order valence-corrected chi connectivity index (χ4v) is 1.95. The van der Waals surface area contributed by atoms with Crippen LogP contribution in [0.15, 0.2) is 24.5 Å². The average molecular weight is 260 g/mol. The van der Waals surface area contributed by atoms with E-state index in [9.17, 15) is 4.79 Å². The highest BCUT2D eigenvalue weighted by molar-refractivity contribution is 5.94. The van der Waals surface area contributed by atoms with Crippen LogP contribution >= 0.6 is 0 Å². The highest BCUT2D eigenvalue weighted by Gasteiger charge is 2.18. The van der Waals surface area contributed by atoms with Crippen LogP contribution in [0.2, 0.25) is 0 Å². The second-order valence-electron chi connectivity index (χ2n) is 5.06. The monoisotopic (exact) mass is 260 g/mol. The molecule has 0 aliphatic carbocycles. The molecule has 0 radical (unpaired) electrons. The van der Waals surface area contributed by atoms with Crippen molar-refractivity contribution in [3.8, 4) is 0 Å². The smallest absolute Gasteiger partial charge is 0.257 e. The van der Waals surface area contributed by atoms with Crippen molar-refractivity contribution in [3.63, 3.8) is 0 Å². The minimum Gasteiger partial charge on any atom is -0.364 e. The molecule has 2 heterocycles. The van der Waals surface area contributed by atoms with Gasteiger partial charge < -0.3 is 9.88 Å². The van der Waals surface area contributed by atoms with E-state index < -0.39 is 0 Å². The Morgan fingerprint density at radius 1 is 1.53 bits per heavy atom. The Hall–Kier alpha value is -2.04. The van der Waals surface area contributed by atoms with Gasteiger partial charge in [-0.25, -0.2) is 0 Å². The van der Waals surface area contributed by atoms with Gasteiger partial charge in [0.05, 0.1) is 17.8 Å². The summed E-state index contributed by atoms with van der Waals surface area (Å²) in [7, 11) is 1.80. The van der Waals surface area contributed by atoms with Gasteiger partial charge in [-0.15, -0.1) is 0 Å². The molecule has 1 N–H and O–H groups in total. The number of H-pyrrole nitrogens is 1. The van der Waals surface area contributed by atoms with Gasteiger partial charge in [0.25, 0.3) is 5.91 Å². The Morgan fingerprint density at radius 3 is 2.79 bits per heavy atom. The van der Waals surface area contributed by atoms with Crippen molar-refractivity contribution in [2.45, 2.75) is 33.4 Å². The van der Waals surface area contributed by atoms with Crippen LogP contribution in [-0.4, -0.2) is 32.6 Å². The molecule has 0 bridgehead atoms. The number of nitrogens with zero attached hydrogens (tertiary/aromatic N) is 3. The molecule has 0 aliphatic heterocycles. The fourth-order valence-electron chi connectivity index (χ4n) is 1.95. The van der Waals surface area contributed by atoms with Crippen LogP contribution in [0.1, 0.15) is 41.6 Å². The Labute approximate surface area is 113 Å². The Kier molecular flexibility index (Phi) is 3.74. The quantitative estimate of drug-likeness (QED) is 0.917. The molecule has 0 saturated carbocycles. The zero-order chi connectivity index (χ0) is 14.0. The molecule has 2 rings (SSSR count). The first kappa shape index (κ1) is 13.4. The van der Waals surface area contributed by atoms with Gasteiger partial charge in [-0.1, -0.05) is 0 Å². The number of rotatable bonds is 4. The van der Waals surface area contributed by atoms with Gasteiger partial charge in [0, 0.05) is 31.2 Å². The highest BCUT2D eigenvalue weighted by atomic mass is 16.2. The summed E-state index contributed by atoms with van der Waals surface area (Å²) < 4.78 is 1.82. The number of carbonyl (C=O) groups is 1. The number of carbonyl (C=O) groups excluding carboxylic acids is 1. The van der Waals surface area contributed by atoms with Gasteiger partial charge in [-0.05, 0) is 32.9 Å². The summed E-state index contributed by atoms with van der Waals surface area (Å²) >= 11 is 0. The van der Waals surface area contributed by atoms with E-state index in [0.29, 0.717) is 12.1 Å². The van der Waals surface area contributed by atoms with Gasteiger partial charge >= 0.3 is 0 Å². The summed E-state index contributed by atoms with van der Waals surface area (Å²) in [4.78, 5) is 17.2. The zero-order valence-electron chi connectivity index (χ0n) is 11.8. The zero-order valence-corrected chi connectivity index (χ0v) is 11.8. The minimum atomic E-state index is -0.000926. The maximum Gasteiger partial charge on any atom is 0.257 e.